The maximum atomic E-state index is 9.44. The molecule has 0 aliphatic rings. The third-order valence-corrected chi connectivity index (χ3v) is 3.71. The molecule has 0 spiro atoms. The molecule has 0 fully saturated rings. The summed E-state index contributed by atoms with van der Waals surface area (Å²) in [4.78, 5) is 6.62. The molecule has 4 heteroatoms. The number of aliphatic hydroxyl groups is 1. The molecular weight excluding hydrogens is 232 g/mol. The zero-order chi connectivity index (χ0) is 12.8. The number of aromatic nitrogens is 1. The largest absolute Gasteiger partial charge is 0.389 e. The van der Waals surface area contributed by atoms with Crippen LogP contribution >= 0.6 is 11.8 Å². The van der Waals surface area contributed by atoms with Gasteiger partial charge in [0.05, 0.1) is 6.10 Å². The molecule has 1 aromatic rings. The number of anilines is 1. The lowest BCUT2D eigenvalue weighted by Crippen LogP contribution is -2.33. The fourth-order valence-electron chi connectivity index (χ4n) is 1.74. The van der Waals surface area contributed by atoms with Crippen LogP contribution in [0.15, 0.2) is 18.3 Å². The predicted octanol–water partition coefficient (Wildman–Crippen LogP) is 2.71. The molecule has 0 aromatic carbocycles. The van der Waals surface area contributed by atoms with Gasteiger partial charge in [0.15, 0.2) is 0 Å². The summed E-state index contributed by atoms with van der Waals surface area (Å²) >= 11 is 1.86. The lowest BCUT2D eigenvalue weighted by molar-refractivity contribution is 0.199. The minimum atomic E-state index is -0.449. The lowest BCUT2D eigenvalue weighted by atomic mass is 10.2. The Balaban J connectivity index is 2.77. The van der Waals surface area contributed by atoms with E-state index in [4.69, 9.17) is 0 Å². The van der Waals surface area contributed by atoms with Crippen LogP contribution in [0.3, 0.4) is 0 Å². The van der Waals surface area contributed by atoms with E-state index in [-0.39, 0.29) is 0 Å². The Bertz CT molecular complexity index is 327. The lowest BCUT2D eigenvalue weighted by Gasteiger charge is -2.27. The van der Waals surface area contributed by atoms with Crippen molar-refractivity contribution >= 4 is 17.6 Å². The maximum absolute atomic E-state index is 9.44. The van der Waals surface area contributed by atoms with Gasteiger partial charge in [-0.2, -0.15) is 11.8 Å². The molecule has 0 saturated carbocycles. The van der Waals surface area contributed by atoms with Crippen molar-refractivity contribution in [2.75, 3.05) is 24.0 Å². The van der Waals surface area contributed by atoms with E-state index in [2.05, 4.69) is 30.1 Å². The number of nitrogens with zero attached hydrogens (tertiary/aromatic N) is 2. The zero-order valence-electron chi connectivity index (χ0n) is 11.1. The summed E-state index contributed by atoms with van der Waals surface area (Å²) in [5.74, 6) is 2.07. The number of thioether (sulfide) groups is 1. The van der Waals surface area contributed by atoms with Crippen LogP contribution in [0.5, 0.6) is 0 Å². The number of aliphatic hydroxyl groups excluding tert-OH is 1. The third-order valence-electron chi connectivity index (χ3n) is 2.99. The van der Waals surface area contributed by atoms with Gasteiger partial charge in [0.2, 0.25) is 0 Å². The van der Waals surface area contributed by atoms with E-state index in [0.717, 1.165) is 23.6 Å². The SMILES string of the molecule is CCC(CSC)N(C)c1ccc(C(C)O)cn1. The van der Waals surface area contributed by atoms with Crippen molar-refractivity contribution in [3.8, 4) is 0 Å². The van der Waals surface area contributed by atoms with E-state index in [1.165, 1.54) is 0 Å². The Morgan fingerprint density at radius 2 is 2.18 bits per heavy atom. The topological polar surface area (TPSA) is 36.4 Å². The van der Waals surface area contributed by atoms with Crippen molar-refractivity contribution in [2.24, 2.45) is 0 Å². The molecule has 1 aromatic heterocycles. The maximum Gasteiger partial charge on any atom is 0.128 e. The van der Waals surface area contributed by atoms with E-state index < -0.39 is 6.10 Å². The highest BCUT2D eigenvalue weighted by molar-refractivity contribution is 7.98. The fraction of sp³-hybridized carbons (Fsp3) is 0.615. The van der Waals surface area contributed by atoms with Crippen LogP contribution < -0.4 is 4.90 Å². The second kappa shape index (κ2) is 6.87. The van der Waals surface area contributed by atoms with Crippen LogP contribution in [-0.4, -0.2) is 35.2 Å². The molecule has 0 aliphatic heterocycles. The van der Waals surface area contributed by atoms with E-state index in [1.54, 1.807) is 13.1 Å². The normalized spacial score (nSPS) is 14.4. The monoisotopic (exact) mass is 254 g/mol. The number of rotatable bonds is 6. The van der Waals surface area contributed by atoms with Gasteiger partial charge < -0.3 is 10.0 Å². The molecule has 17 heavy (non-hydrogen) atoms. The van der Waals surface area contributed by atoms with Crippen LogP contribution in [0.1, 0.15) is 31.9 Å². The molecule has 0 amide bonds. The predicted molar refractivity (Wildman–Crippen MR) is 75.7 cm³/mol. The molecule has 1 rings (SSSR count). The van der Waals surface area contributed by atoms with Crippen LogP contribution in [0, 0.1) is 0 Å². The Morgan fingerprint density at radius 1 is 1.47 bits per heavy atom. The molecule has 1 N–H and O–H groups in total. The van der Waals surface area contributed by atoms with Crippen LogP contribution in [0.25, 0.3) is 0 Å². The van der Waals surface area contributed by atoms with Gasteiger partial charge in [-0.05, 0) is 31.2 Å². The number of hydrogen-bond donors (Lipinski definition) is 1. The molecular formula is C13H22N2OS. The van der Waals surface area contributed by atoms with E-state index in [0.29, 0.717) is 6.04 Å². The second-order valence-electron chi connectivity index (χ2n) is 4.25. The number of pyridine rings is 1. The molecule has 96 valence electrons. The minimum absolute atomic E-state index is 0.449. The average Bonchev–Trinajstić information content (AvgIpc) is 2.35. The van der Waals surface area contributed by atoms with Gasteiger partial charge in [-0.3, -0.25) is 0 Å². The Kier molecular flexibility index (Phi) is 5.78. The average molecular weight is 254 g/mol. The summed E-state index contributed by atoms with van der Waals surface area (Å²) in [6.45, 7) is 3.95. The Hall–Kier alpha value is -0.740. The minimum Gasteiger partial charge on any atom is -0.389 e. The van der Waals surface area contributed by atoms with Crippen molar-refractivity contribution in [2.45, 2.75) is 32.4 Å². The quantitative estimate of drug-likeness (QED) is 0.847. The van der Waals surface area contributed by atoms with Crippen LogP contribution in [0.2, 0.25) is 0 Å². The number of hydrogen-bond acceptors (Lipinski definition) is 4. The van der Waals surface area contributed by atoms with Gasteiger partial charge >= 0.3 is 0 Å². The molecule has 2 atom stereocenters. The van der Waals surface area contributed by atoms with Crippen LogP contribution in [-0.2, 0) is 0 Å². The Morgan fingerprint density at radius 3 is 2.59 bits per heavy atom. The standard InChI is InChI=1S/C13H22N2OS/c1-5-12(9-17-4)15(3)13-7-6-11(8-14-13)10(2)16/h6-8,10,12,16H,5,9H2,1-4H3. The van der Waals surface area contributed by atoms with Crippen molar-refractivity contribution in [3.63, 3.8) is 0 Å². The molecule has 0 bridgehead atoms. The summed E-state index contributed by atoms with van der Waals surface area (Å²) in [6.07, 6.45) is 4.54. The first-order valence-electron chi connectivity index (χ1n) is 5.95. The first kappa shape index (κ1) is 14.3. The molecule has 0 saturated heterocycles. The van der Waals surface area contributed by atoms with Crippen molar-refractivity contribution < 1.29 is 5.11 Å². The third kappa shape index (κ3) is 3.89. The van der Waals surface area contributed by atoms with Gasteiger partial charge in [0.1, 0.15) is 5.82 Å². The molecule has 1 heterocycles. The van der Waals surface area contributed by atoms with Gasteiger partial charge in [-0.15, -0.1) is 0 Å². The highest BCUT2D eigenvalue weighted by Gasteiger charge is 2.13. The second-order valence-corrected chi connectivity index (χ2v) is 5.16. The van der Waals surface area contributed by atoms with Gasteiger partial charge in [0.25, 0.3) is 0 Å². The first-order valence-corrected chi connectivity index (χ1v) is 7.35. The zero-order valence-corrected chi connectivity index (χ0v) is 11.9. The smallest absolute Gasteiger partial charge is 0.128 e. The van der Waals surface area contributed by atoms with E-state index in [1.807, 2.05) is 23.9 Å². The van der Waals surface area contributed by atoms with E-state index in [9.17, 15) is 5.11 Å². The molecule has 0 aliphatic carbocycles. The van der Waals surface area contributed by atoms with Crippen molar-refractivity contribution in [3.05, 3.63) is 23.9 Å². The highest BCUT2D eigenvalue weighted by atomic mass is 32.2. The van der Waals surface area contributed by atoms with Crippen LogP contribution in [0.4, 0.5) is 5.82 Å². The summed E-state index contributed by atoms with van der Waals surface area (Å²) < 4.78 is 0. The van der Waals surface area contributed by atoms with Crippen molar-refractivity contribution in [1.29, 1.82) is 0 Å². The fourth-order valence-corrected chi connectivity index (χ4v) is 2.58. The summed E-state index contributed by atoms with van der Waals surface area (Å²) in [5.41, 5.74) is 0.861. The first-order chi connectivity index (χ1) is 8.10. The molecule has 2 unspecified atom stereocenters. The highest BCUT2D eigenvalue weighted by Crippen LogP contribution is 2.19. The molecule has 0 radical (unpaired) electrons. The van der Waals surface area contributed by atoms with Gasteiger partial charge in [-0.1, -0.05) is 13.0 Å². The van der Waals surface area contributed by atoms with Gasteiger partial charge in [0, 0.05) is 25.0 Å². The van der Waals surface area contributed by atoms with Crippen molar-refractivity contribution in [1.82, 2.24) is 4.98 Å². The summed E-state index contributed by atoms with van der Waals surface area (Å²) in [6, 6.07) is 4.43. The summed E-state index contributed by atoms with van der Waals surface area (Å²) in [5, 5.41) is 9.44. The van der Waals surface area contributed by atoms with E-state index >= 15 is 0 Å². The molecule has 3 nitrogen and oxygen atoms in total. The summed E-state index contributed by atoms with van der Waals surface area (Å²) in [7, 11) is 2.08. The van der Waals surface area contributed by atoms with Gasteiger partial charge in [-0.25, -0.2) is 4.98 Å². The Labute approximate surface area is 108 Å².